The highest BCUT2D eigenvalue weighted by molar-refractivity contribution is 5.86. The van der Waals surface area contributed by atoms with Crippen LogP contribution in [0.5, 0.6) is 0 Å². The van der Waals surface area contributed by atoms with Gasteiger partial charge in [0.2, 0.25) is 0 Å². The lowest BCUT2D eigenvalue weighted by molar-refractivity contribution is 0.0175. The maximum Gasteiger partial charge on any atom is 0.163 e. The molecule has 9 heteroatoms. The third-order valence-corrected chi connectivity index (χ3v) is 4.79. The van der Waals surface area contributed by atoms with E-state index in [2.05, 4.69) is 30.3 Å². The zero-order valence-corrected chi connectivity index (χ0v) is 14.7. The summed E-state index contributed by atoms with van der Waals surface area (Å²) in [6, 6.07) is 0.210. The van der Waals surface area contributed by atoms with Crippen molar-refractivity contribution in [3.63, 3.8) is 0 Å². The normalized spacial score (nSPS) is 21.4. The number of β-amino-alcohol motifs (C(OH)–C–C–N with tert-alkyl or cyclic N) is 1. The Morgan fingerprint density at radius 3 is 2.88 bits per heavy atom. The number of fused-ring (bicyclic) bond motifs is 1. The molecular formula is C16H22N8O. The van der Waals surface area contributed by atoms with Gasteiger partial charge in [-0.25, -0.2) is 14.6 Å². The standard InChI is InChI=1S/C16H22N8O/c1-11(2)24-8-13(20-21-24)16(25)5-4-6-23(9-16)15-12-7-19-22(3)14(12)17-10-18-15/h7-8,10-11,25H,4-6,9H2,1-3H3/t16-/m0/s1. The van der Waals surface area contributed by atoms with E-state index < -0.39 is 5.60 Å². The Morgan fingerprint density at radius 2 is 2.12 bits per heavy atom. The number of hydrogen-bond donors (Lipinski definition) is 1. The number of piperidine rings is 1. The van der Waals surface area contributed by atoms with Crippen molar-refractivity contribution < 1.29 is 5.11 Å². The minimum atomic E-state index is -1.04. The van der Waals surface area contributed by atoms with Crippen molar-refractivity contribution in [1.29, 1.82) is 0 Å². The molecule has 1 N–H and O–H groups in total. The highest BCUT2D eigenvalue weighted by atomic mass is 16.3. The fourth-order valence-electron chi connectivity index (χ4n) is 3.37. The van der Waals surface area contributed by atoms with Gasteiger partial charge in [0, 0.05) is 19.6 Å². The number of aromatic nitrogens is 7. The molecule has 0 unspecified atom stereocenters. The molecule has 4 rings (SSSR count). The largest absolute Gasteiger partial charge is 0.382 e. The molecule has 4 heterocycles. The van der Waals surface area contributed by atoms with Crippen LogP contribution in [-0.2, 0) is 12.6 Å². The third kappa shape index (κ3) is 2.64. The Balaban J connectivity index is 1.68. The second-order valence-corrected chi connectivity index (χ2v) is 6.94. The summed E-state index contributed by atoms with van der Waals surface area (Å²) in [6.07, 6.45) is 6.65. The molecule has 1 fully saturated rings. The van der Waals surface area contributed by atoms with Crippen LogP contribution in [0.2, 0.25) is 0 Å². The smallest absolute Gasteiger partial charge is 0.163 e. The summed E-state index contributed by atoms with van der Waals surface area (Å²) in [7, 11) is 1.86. The maximum atomic E-state index is 11.2. The van der Waals surface area contributed by atoms with E-state index in [0.29, 0.717) is 18.7 Å². The second-order valence-electron chi connectivity index (χ2n) is 6.94. The van der Waals surface area contributed by atoms with Crippen molar-refractivity contribution in [2.45, 2.75) is 38.3 Å². The van der Waals surface area contributed by atoms with E-state index in [1.807, 2.05) is 27.1 Å². The van der Waals surface area contributed by atoms with Gasteiger partial charge in [-0.3, -0.25) is 4.68 Å². The van der Waals surface area contributed by atoms with Gasteiger partial charge >= 0.3 is 0 Å². The zero-order valence-electron chi connectivity index (χ0n) is 14.7. The SMILES string of the molecule is CC(C)n1cc([C@]2(O)CCCN(c3ncnc4c3cnn4C)C2)nn1. The van der Waals surface area contributed by atoms with Gasteiger partial charge in [-0.1, -0.05) is 5.21 Å². The van der Waals surface area contributed by atoms with Gasteiger partial charge in [0.15, 0.2) is 5.65 Å². The van der Waals surface area contributed by atoms with Crippen molar-refractivity contribution in [2.75, 3.05) is 18.0 Å². The van der Waals surface area contributed by atoms with Gasteiger partial charge in [0.25, 0.3) is 0 Å². The van der Waals surface area contributed by atoms with E-state index in [-0.39, 0.29) is 6.04 Å². The Hall–Kier alpha value is -2.55. The molecule has 3 aromatic heterocycles. The number of aliphatic hydroxyl groups is 1. The predicted octanol–water partition coefficient (Wildman–Crippen LogP) is 1.02. The van der Waals surface area contributed by atoms with Gasteiger partial charge in [-0.2, -0.15) is 5.10 Å². The maximum absolute atomic E-state index is 11.2. The average molecular weight is 342 g/mol. The molecule has 9 nitrogen and oxygen atoms in total. The topological polar surface area (TPSA) is 97.8 Å². The minimum Gasteiger partial charge on any atom is -0.382 e. The summed E-state index contributed by atoms with van der Waals surface area (Å²) >= 11 is 0. The minimum absolute atomic E-state index is 0.210. The van der Waals surface area contributed by atoms with E-state index >= 15 is 0 Å². The number of aryl methyl sites for hydroxylation is 1. The number of hydrogen-bond acceptors (Lipinski definition) is 7. The van der Waals surface area contributed by atoms with Gasteiger partial charge < -0.3 is 10.0 Å². The summed E-state index contributed by atoms with van der Waals surface area (Å²) in [5.74, 6) is 0.799. The van der Waals surface area contributed by atoms with E-state index in [0.717, 1.165) is 29.8 Å². The van der Waals surface area contributed by atoms with Crippen molar-refractivity contribution in [2.24, 2.45) is 7.05 Å². The van der Waals surface area contributed by atoms with E-state index in [4.69, 9.17) is 0 Å². The van der Waals surface area contributed by atoms with Gasteiger partial charge in [-0.15, -0.1) is 5.10 Å². The molecule has 0 aliphatic carbocycles. The Morgan fingerprint density at radius 1 is 1.28 bits per heavy atom. The van der Waals surface area contributed by atoms with Crippen molar-refractivity contribution >= 4 is 16.9 Å². The zero-order chi connectivity index (χ0) is 17.6. The van der Waals surface area contributed by atoms with Crippen LogP contribution in [0.25, 0.3) is 11.0 Å². The van der Waals surface area contributed by atoms with E-state index in [1.54, 1.807) is 21.9 Å². The Labute approximate surface area is 145 Å². The molecule has 1 aliphatic heterocycles. The summed E-state index contributed by atoms with van der Waals surface area (Å²) in [5, 5.41) is 24.7. The summed E-state index contributed by atoms with van der Waals surface area (Å²) in [6.45, 7) is 5.32. The van der Waals surface area contributed by atoms with Gasteiger partial charge in [0.1, 0.15) is 23.4 Å². The van der Waals surface area contributed by atoms with Crippen LogP contribution in [-0.4, -0.2) is 52.9 Å². The fourth-order valence-corrected chi connectivity index (χ4v) is 3.37. The quantitative estimate of drug-likeness (QED) is 0.759. The molecule has 0 saturated carbocycles. The second kappa shape index (κ2) is 5.76. The number of anilines is 1. The van der Waals surface area contributed by atoms with Crippen LogP contribution in [0.4, 0.5) is 5.82 Å². The molecule has 0 bridgehead atoms. The summed E-state index contributed by atoms with van der Waals surface area (Å²) in [5.41, 5.74) is 0.359. The third-order valence-electron chi connectivity index (χ3n) is 4.79. The van der Waals surface area contributed by atoms with Crippen LogP contribution in [0.15, 0.2) is 18.7 Å². The molecule has 3 aromatic rings. The number of rotatable bonds is 3. The molecule has 0 aromatic carbocycles. The molecular weight excluding hydrogens is 320 g/mol. The molecule has 1 aliphatic rings. The van der Waals surface area contributed by atoms with Crippen LogP contribution >= 0.6 is 0 Å². The first-order valence-corrected chi connectivity index (χ1v) is 8.50. The molecule has 0 amide bonds. The first kappa shape index (κ1) is 15.9. The first-order chi connectivity index (χ1) is 12.0. The van der Waals surface area contributed by atoms with Gasteiger partial charge in [0.05, 0.1) is 24.3 Å². The van der Waals surface area contributed by atoms with Crippen molar-refractivity contribution in [3.05, 3.63) is 24.4 Å². The Kier molecular flexibility index (Phi) is 3.68. The first-order valence-electron chi connectivity index (χ1n) is 8.50. The molecule has 1 atom stereocenters. The Bertz CT molecular complexity index is 901. The lowest BCUT2D eigenvalue weighted by atomic mass is 9.90. The fraction of sp³-hybridized carbons (Fsp3) is 0.562. The average Bonchev–Trinajstić information content (AvgIpc) is 3.23. The molecule has 132 valence electrons. The van der Waals surface area contributed by atoms with Crippen LogP contribution in [0, 0.1) is 0 Å². The summed E-state index contributed by atoms with van der Waals surface area (Å²) in [4.78, 5) is 10.8. The van der Waals surface area contributed by atoms with E-state index in [1.165, 1.54) is 0 Å². The predicted molar refractivity (Wildman–Crippen MR) is 92.1 cm³/mol. The summed E-state index contributed by atoms with van der Waals surface area (Å²) < 4.78 is 3.50. The van der Waals surface area contributed by atoms with Crippen LogP contribution in [0.3, 0.4) is 0 Å². The lowest BCUT2D eigenvalue weighted by Gasteiger charge is -2.38. The molecule has 0 radical (unpaired) electrons. The van der Waals surface area contributed by atoms with Crippen LogP contribution in [0.1, 0.15) is 38.4 Å². The monoisotopic (exact) mass is 342 g/mol. The molecule has 0 spiro atoms. The highest BCUT2D eigenvalue weighted by Gasteiger charge is 2.38. The molecule has 1 saturated heterocycles. The van der Waals surface area contributed by atoms with Crippen molar-refractivity contribution in [3.8, 4) is 0 Å². The van der Waals surface area contributed by atoms with Crippen LogP contribution < -0.4 is 4.90 Å². The lowest BCUT2D eigenvalue weighted by Crippen LogP contribution is -2.46. The highest BCUT2D eigenvalue weighted by Crippen LogP contribution is 2.34. The van der Waals surface area contributed by atoms with E-state index in [9.17, 15) is 5.11 Å². The number of nitrogens with zero attached hydrogens (tertiary/aromatic N) is 8. The van der Waals surface area contributed by atoms with Crippen molar-refractivity contribution in [1.82, 2.24) is 34.7 Å². The molecule has 25 heavy (non-hydrogen) atoms. The van der Waals surface area contributed by atoms with Gasteiger partial charge in [-0.05, 0) is 26.7 Å².